The van der Waals surface area contributed by atoms with E-state index in [1.54, 1.807) is 33.8 Å². The molecule has 0 aliphatic carbocycles. The summed E-state index contributed by atoms with van der Waals surface area (Å²) in [4.78, 5) is 27.1. The van der Waals surface area contributed by atoms with Crippen molar-refractivity contribution < 1.29 is 14.0 Å². The lowest BCUT2D eigenvalue weighted by atomic mass is 9.95. The van der Waals surface area contributed by atoms with Crippen LogP contribution in [0.1, 0.15) is 30.1 Å². The minimum atomic E-state index is -0.390. The molecular formula is C21H22FN5O2. The third-order valence-corrected chi connectivity index (χ3v) is 5.31. The number of amides is 2. The van der Waals surface area contributed by atoms with Crippen molar-refractivity contribution in [2.75, 3.05) is 18.4 Å². The second-order valence-electron chi connectivity index (χ2n) is 7.17. The van der Waals surface area contributed by atoms with Crippen LogP contribution in [-0.2, 0) is 11.3 Å². The molecule has 0 spiro atoms. The van der Waals surface area contributed by atoms with E-state index in [1.165, 1.54) is 12.1 Å². The highest BCUT2D eigenvalue weighted by molar-refractivity contribution is 5.97. The molecule has 0 radical (unpaired) electrons. The highest BCUT2D eigenvalue weighted by Gasteiger charge is 2.28. The smallest absolute Gasteiger partial charge is 0.253 e. The maximum atomic E-state index is 13.3. The molecule has 29 heavy (non-hydrogen) atoms. The average molecular weight is 395 g/mol. The fourth-order valence-electron chi connectivity index (χ4n) is 3.68. The SMILES string of the molecule is CCn1nnc2cc(C(=O)N3CCC(C(=O)Nc4cccc(F)c4)CC3)ccc21. The molecule has 0 saturated carbocycles. The summed E-state index contributed by atoms with van der Waals surface area (Å²) in [6.07, 6.45) is 1.14. The fraction of sp³-hybridized carbons (Fsp3) is 0.333. The number of likely N-dealkylation sites (tertiary alicyclic amines) is 1. The zero-order valence-corrected chi connectivity index (χ0v) is 16.1. The van der Waals surface area contributed by atoms with Crippen molar-refractivity contribution >= 4 is 28.5 Å². The Hall–Kier alpha value is -3.29. The number of fused-ring (bicyclic) bond motifs is 1. The molecule has 0 bridgehead atoms. The third-order valence-electron chi connectivity index (χ3n) is 5.31. The number of aromatic nitrogens is 3. The van der Waals surface area contributed by atoms with Gasteiger partial charge < -0.3 is 10.2 Å². The molecule has 0 unspecified atom stereocenters. The van der Waals surface area contributed by atoms with Gasteiger partial charge in [-0.2, -0.15) is 0 Å². The molecule has 0 atom stereocenters. The average Bonchev–Trinajstić information content (AvgIpc) is 3.15. The Kier molecular flexibility index (Phi) is 5.24. The van der Waals surface area contributed by atoms with Gasteiger partial charge in [-0.05, 0) is 56.2 Å². The Morgan fingerprint density at radius 2 is 1.97 bits per heavy atom. The van der Waals surface area contributed by atoms with Gasteiger partial charge in [0.15, 0.2) is 0 Å². The van der Waals surface area contributed by atoms with E-state index in [0.29, 0.717) is 42.7 Å². The summed E-state index contributed by atoms with van der Waals surface area (Å²) in [6, 6.07) is 11.3. The molecule has 1 aliphatic rings. The van der Waals surface area contributed by atoms with Crippen LogP contribution in [0.3, 0.4) is 0 Å². The maximum absolute atomic E-state index is 13.3. The first-order valence-electron chi connectivity index (χ1n) is 9.74. The van der Waals surface area contributed by atoms with Crippen molar-refractivity contribution in [2.45, 2.75) is 26.3 Å². The van der Waals surface area contributed by atoms with Crippen LogP contribution in [0.5, 0.6) is 0 Å². The number of hydrogen-bond donors (Lipinski definition) is 1. The van der Waals surface area contributed by atoms with Gasteiger partial charge in [-0.25, -0.2) is 9.07 Å². The van der Waals surface area contributed by atoms with Gasteiger partial charge >= 0.3 is 0 Å². The zero-order valence-electron chi connectivity index (χ0n) is 16.1. The van der Waals surface area contributed by atoms with Crippen molar-refractivity contribution in [2.24, 2.45) is 5.92 Å². The predicted octanol–water partition coefficient (Wildman–Crippen LogP) is 3.08. The monoisotopic (exact) mass is 395 g/mol. The molecule has 1 fully saturated rings. The molecule has 150 valence electrons. The van der Waals surface area contributed by atoms with E-state index >= 15 is 0 Å². The Morgan fingerprint density at radius 1 is 1.17 bits per heavy atom. The summed E-state index contributed by atoms with van der Waals surface area (Å²) in [5, 5.41) is 10.9. The number of rotatable bonds is 4. The van der Waals surface area contributed by atoms with Gasteiger partial charge in [0, 0.05) is 36.8 Å². The van der Waals surface area contributed by atoms with Gasteiger partial charge in [0.25, 0.3) is 5.91 Å². The van der Waals surface area contributed by atoms with Crippen LogP contribution in [0.15, 0.2) is 42.5 Å². The number of nitrogens with zero attached hydrogens (tertiary/aromatic N) is 4. The number of piperidine rings is 1. The molecule has 2 amide bonds. The quantitative estimate of drug-likeness (QED) is 0.736. The number of carbonyl (C=O) groups is 2. The van der Waals surface area contributed by atoms with E-state index in [2.05, 4.69) is 15.6 Å². The molecule has 2 aromatic carbocycles. The van der Waals surface area contributed by atoms with Crippen LogP contribution in [0.25, 0.3) is 11.0 Å². The van der Waals surface area contributed by atoms with Crippen LogP contribution in [-0.4, -0.2) is 44.8 Å². The van der Waals surface area contributed by atoms with Gasteiger partial charge in [0.05, 0.1) is 5.52 Å². The standard InChI is InChI=1S/C21H22FN5O2/c1-2-27-19-7-6-15(12-18(19)24-25-27)21(29)26-10-8-14(9-11-26)20(28)23-17-5-3-4-16(22)13-17/h3-7,12-14H,2,8-11H2,1H3,(H,23,28). The fourth-order valence-corrected chi connectivity index (χ4v) is 3.68. The number of nitrogens with one attached hydrogen (secondary N) is 1. The van der Waals surface area contributed by atoms with Crippen molar-refractivity contribution in [3.05, 3.63) is 53.8 Å². The Bertz CT molecular complexity index is 1060. The van der Waals surface area contributed by atoms with Crippen LogP contribution < -0.4 is 5.32 Å². The number of carbonyl (C=O) groups excluding carboxylic acids is 2. The Balaban J connectivity index is 1.37. The molecule has 3 aromatic rings. The topological polar surface area (TPSA) is 80.1 Å². The zero-order chi connectivity index (χ0) is 20.4. The minimum Gasteiger partial charge on any atom is -0.339 e. The molecule has 1 aromatic heterocycles. The van der Waals surface area contributed by atoms with E-state index in [0.717, 1.165) is 12.1 Å². The molecule has 4 rings (SSSR count). The van der Waals surface area contributed by atoms with Gasteiger partial charge in [-0.15, -0.1) is 5.10 Å². The highest BCUT2D eigenvalue weighted by Crippen LogP contribution is 2.22. The van der Waals surface area contributed by atoms with E-state index in [-0.39, 0.29) is 23.5 Å². The molecule has 1 saturated heterocycles. The first-order chi connectivity index (χ1) is 14.0. The van der Waals surface area contributed by atoms with E-state index in [9.17, 15) is 14.0 Å². The molecular weight excluding hydrogens is 373 g/mol. The summed E-state index contributed by atoms with van der Waals surface area (Å²) in [5.41, 5.74) is 2.61. The second kappa shape index (κ2) is 7.98. The lowest BCUT2D eigenvalue weighted by Crippen LogP contribution is -2.41. The summed E-state index contributed by atoms with van der Waals surface area (Å²) in [7, 11) is 0. The summed E-state index contributed by atoms with van der Waals surface area (Å²) < 4.78 is 15.1. The molecule has 8 heteroatoms. The maximum Gasteiger partial charge on any atom is 0.253 e. The van der Waals surface area contributed by atoms with Crippen LogP contribution in [0.4, 0.5) is 10.1 Å². The highest BCUT2D eigenvalue weighted by atomic mass is 19.1. The Labute approximate surface area is 167 Å². The van der Waals surface area contributed by atoms with E-state index < -0.39 is 0 Å². The van der Waals surface area contributed by atoms with Crippen molar-refractivity contribution in [3.8, 4) is 0 Å². The number of benzene rings is 2. The van der Waals surface area contributed by atoms with Crippen molar-refractivity contribution in [1.82, 2.24) is 19.9 Å². The molecule has 7 nitrogen and oxygen atoms in total. The second-order valence-corrected chi connectivity index (χ2v) is 7.17. The third kappa shape index (κ3) is 3.96. The molecule has 2 heterocycles. The number of hydrogen-bond acceptors (Lipinski definition) is 4. The number of aryl methyl sites for hydroxylation is 1. The Morgan fingerprint density at radius 3 is 2.69 bits per heavy atom. The largest absolute Gasteiger partial charge is 0.339 e. The van der Waals surface area contributed by atoms with Gasteiger partial charge in [0.1, 0.15) is 11.3 Å². The van der Waals surface area contributed by atoms with Crippen molar-refractivity contribution in [3.63, 3.8) is 0 Å². The van der Waals surface area contributed by atoms with E-state index in [4.69, 9.17) is 0 Å². The number of anilines is 1. The summed E-state index contributed by atoms with van der Waals surface area (Å²) in [5.74, 6) is -0.796. The van der Waals surface area contributed by atoms with Crippen molar-refractivity contribution in [1.29, 1.82) is 0 Å². The van der Waals surface area contributed by atoms with Gasteiger partial charge in [-0.3, -0.25) is 9.59 Å². The summed E-state index contributed by atoms with van der Waals surface area (Å²) >= 11 is 0. The van der Waals surface area contributed by atoms with Crippen LogP contribution in [0, 0.1) is 11.7 Å². The lowest BCUT2D eigenvalue weighted by Gasteiger charge is -2.31. The van der Waals surface area contributed by atoms with Crippen LogP contribution >= 0.6 is 0 Å². The first kappa shape index (κ1) is 19.0. The first-order valence-corrected chi connectivity index (χ1v) is 9.74. The normalized spacial score (nSPS) is 14.9. The van der Waals surface area contributed by atoms with Gasteiger partial charge in [0.2, 0.25) is 5.91 Å². The lowest BCUT2D eigenvalue weighted by molar-refractivity contribution is -0.121. The minimum absolute atomic E-state index is 0.0677. The number of halogens is 1. The van der Waals surface area contributed by atoms with E-state index in [1.807, 2.05) is 13.0 Å². The predicted molar refractivity (Wildman–Crippen MR) is 107 cm³/mol. The molecule has 1 aliphatic heterocycles. The van der Waals surface area contributed by atoms with Gasteiger partial charge in [-0.1, -0.05) is 11.3 Å². The van der Waals surface area contributed by atoms with Crippen LogP contribution in [0.2, 0.25) is 0 Å². The molecule has 1 N–H and O–H groups in total. The summed E-state index contributed by atoms with van der Waals surface area (Å²) in [6.45, 7) is 3.70.